The summed E-state index contributed by atoms with van der Waals surface area (Å²) in [5, 5.41) is 44.7. The molecule has 0 saturated heterocycles. The van der Waals surface area contributed by atoms with Gasteiger partial charge in [0.1, 0.15) is 0 Å². The van der Waals surface area contributed by atoms with Crippen molar-refractivity contribution in [3.05, 3.63) is 344 Å². The highest BCUT2D eigenvalue weighted by Crippen LogP contribution is 2.49. The van der Waals surface area contributed by atoms with Gasteiger partial charge in [0.25, 0.3) is 0 Å². The van der Waals surface area contributed by atoms with E-state index in [4.69, 9.17) is 0 Å². The molecule has 0 saturated carbocycles. The topological polar surface area (TPSA) is 40.5 Å². The molecule has 0 spiro atoms. The molecule has 0 heterocycles. The number of hydrogen-bond donors (Lipinski definition) is 2. The number of rotatable bonds is 6. The van der Waals surface area contributed by atoms with Crippen LogP contribution in [0, 0.1) is 0 Å². The van der Waals surface area contributed by atoms with Crippen LogP contribution in [0.3, 0.4) is 0 Å². The highest BCUT2D eigenvalue weighted by Gasteiger charge is 2.25. The van der Waals surface area contributed by atoms with Gasteiger partial charge in [0, 0.05) is 4.47 Å². The van der Waals surface area contributed by atoms with Gasteiger partial charge in [0.05, 0.1) is 0 Å². The normalized spacial score (nSPS) is 11.4. The lowest BCUT2D eigenvalue weighted by Crippen LogP contribution is -2.31. The lowest BCUT2D eigenvalue weighted by Gasteiger charge is -2.21. The Kier molecular flexibility index (Phi) is 14.7. The monoisotopic (exact) mass is 1240 g/mol. The van der Waals surface area contributed by atoms with Gasteiger partial charge in [-0.05, 0) is 181 Å². The third-order valence-electron chi connectivity index (χ3n) is 18.4. The molecule has 0 radical (unpaired) electrons. The minimum atomic E-state index is -1.54. The fourth-order valence-electron chi connectivity index (χ4n) is 14.5. The average Bonchev–Trinajstić information content (AvgIpc) is 0.759. The lowest BCUT2D eigenvalue weighted by atomic mass is 9.72. The molecule has 0 amide bonds. The zero-order valence-electron chi connectivity index (χ0n) is 50.2. The van der Waals surface area contributed by atoms with Gasteiger partial charge in [-0.2, -0.15) is 0 Å². The van der Waals surface area contributed by atoms with Crippen LogP contribution < -0.4 is 5.46 Å². The fraction of sp³-hybridized carbons (Fsp3) is 0. The number of fused-ring (bicyclic) bond motifs is 14. The van der Waals surface area contributed by atoms with Gasteiger partial charge in [0.2, 0.25) is 0 Å². The van der Waals surface area contributed by atoms with Crippen molar-refractivity contribution >= 4 is 136 Å². The standard InChI is InChI=1S/C44H28.C26H19BO2.C18H11Br/c1-2-14-29(15-3-1)32-17-6-8-20-35(32)43-37-22-10-12-24-39(37)44(40-25-13-11-23-38(40)43)41-28-31-27-26-30-16-4-5-18-33(30)42(31)36-21-9-7-19-34(36)41;28-27(29)26-23-16-8-6-14-21(23)25(22-15-7-9-17-24(22)26)20-13-5-4-12-19(20)18-10-2-1-3-11-18;19-17-11-13-10-9-12-5-1-2-6-14(12)18(13)16-8-4-3-7-15(16)17/h1-28H;1-17,28-29H;1-11H. The largest absolute Gasteiger partial charge is 0.489 e. The first-order valence-electron chi connectivity index (χ1n) is 31.3. The second-order valence-electron chi connectivity index (χ2n) is 23.6. The van der Waals surface area contributed by atoms with Crippen molar-refractivity contribution in [2.45, 2.75) is 0 Å². The van der Waals surface area contributed by atoms with E-state index in [1.165, 1.54) is 120 Å². The van der Waals surface area contributed by atoms with Crippen LogP contribution in [0.25, 0.3) is 163 Å². The Balaban J connectivity index is 0.000000120. The van der Waals surface area contributed by atoms with E-state index >= 15 is 0 Å². The molecule has 0 aromatic heterocycles. The molecule has 0 aliphatic heterocycles. The Morgan fingerprint density at radius 1 is 0.207 bits per heavy atom. The molecule has 2 nitrogen and oxygen atoms in total. The Hall–Kier alpha value is -11.0. The summed E-state index contributed by atoms with van der Waals surface area (Å²) < 4.78 is 1.16. The highest BCUT2D eigenvalue weighted by atomic mass is 79.9. The van der Waals surface area contributed by atoms with Gasteiger partial charge < -0.3 is 10.0 Å². The van der Waals surface area contributed by atoms with Gasteiger partial charge >= 0.3 is 7.12 Å². The molecule has 0 unspecified atom stereocenters. The molecule has 0 atom stereocenters. The lowest BCUT2D eigenvalue weighted by molar-refractivity contribution is 0.426. The van der Waals surface area contributed by atoms with Gasteiger partial charge in [0.15, 0.2) is 0 Å². The van der Waals surface area contributed by atoms with Crippen LogP contribution in [0.1, 0.15) is 0 Å². The van der Waals surface area contributed by atoms with Crippen molar-refractivity contribution < 1.29 is 10.0 Å². The van der Waals surface area contributed by atoms with E-state index in [-0.39, 0.29) is 0 Å². The predicted molar refractivity (Wildman–Crippen MR) is 399 cm³/mol. The molecule has 2 N–H and O–H groups in total. The molecular weight excluding hydrogens is 1180 g/mol. The third-order valence-corrected chi connectivity index (χ3v) is 19.1. The van der Waals surface area contributed by atoms with Gasteiger partial charge in [-0.1, -0.05) is 344 Å². The number of halogens is 1. The fourth-order valence-corrected chi connectivity index (χ4v) is 15.1. The zero-order chi connectivity index (χ0) is 61.7. The quantitative estimate of drug-likeness (QED) is 0.0990. The molecule has 4 heteroatoms. The van der Waals surface area contributed by atoms with E-state index < -0.39 is 7.12 Å². The average molecular weight is 1240 g/mol. The molecule has 18 aromatic rings. The van der Waals surface area contributed by atoms with Crippen LogP contribution in [-0.4, -0.2) is 17.2 Å². The maximum atomic E-state index is 10.2. The molecule has 18 rings (SSSR count). The zero-order valence-corrected chi connectivity index (χ0v) is 51.8. The molecular formula is C88H58BBrO2. The molecule has 432 valence electrons. The van der Waals surface area contributed by atoms with E-state index in [0.29, 0.717) is 5.46 Å². The van der Waals surface area contributed by atoms with Crippen LogP contribution in [0.2, 0.25) is 0 Å². The molecule has 92 heavy (non-hydrogen) atoms. The predicted octanol–water partition coefficient (Wildman–Crippen LogP) is 23.4. The summed E-state index contributed by atoms with van der Waals surface area (Å²) in [7, 11) is -1.54. The van der Waals surface area contributed by atoms with Crippen LogP contribution in [0.5, 0.6) is 0 Å². The smallest absolute Gasteiger partial charge is 0.423 e. The Morgan fingerprint density at radius 2 is 0.489 bits per heavy atom. The first-order valence-corrected chi connectivity index (χ1v) is 32.1. The van der Waals surface area contributed by atoms with E-state index in [9.17, 15) is 10.0 Å². The van der Waals surface area contributed by atoms with Crippen molar-refractivity contribution in [3.63, 3.8) is 0 Å². The van der Waals surface area contributed by atoms with Crippen molar-refractivity contribution in [1.82, 2.24) is 0 Å². The summed E-state index contributed by atoms with van der Waals surface area (Å²) in [5.74, 6) is 0. The van der Waals surface area contributed by atoms with E-state index in [1.807, 2.05) is 54.6 Å². The number of hydrogen-bond acceptors (Lipinski definition) is 2. The third kappa shape index (κ3) is 9.85. The minimum absolute atomic E-state index is 0.553. The first-order chi connectivity index (χ1) is 45.5. The number of benzene rings is 18. The molecule has 0 fully saturated rings. The van der Waals surface area contributed by atoms with Gasteiger partial charge in [-0.25, -0.2) is 0 Å². The summed E-state index contributed by atoms with van der Waals surface area (Å²) in [6.07, 6.45) is 0. The van der Waals surface area contributed by atoms with Crippen molar-refractivity contribution in [3.8, 4) is 55.6 Å². The van der Waals surface area contributed by atoms with Crippen molar-refractivity contribution in [1.29, 1.82) is 0 Å². The highest BCUT2D eigenvalue weighted by molar-refractivity contribution is 9.10. The summed E-state index contributed by atoms with van der Waals surface area (Å²) >= 11 is 3.68. The van der Waals surface area contributed by atoms with E-state index in [0.717, 1.165) is 48.3 Å². The second-order valence-corrected chi connectivity index (χ2v) is 24.4. The van der Waals surface area contributed by atoms with Crippen molar-refractivity contribution in [2.75, 3.05) is 0 Å². The maximum absolute atomic E-state index is 10.2. The Morgan fingerprint density at radius 3 is 0.913 bits per heavy atom. The molecule has 0 bridgehead atoms. The Bertz CT molecular complexity index is 5770. The maximum Gasteiger partial charge on any atom is 0.489 e. The second kappa shape index (κ2) is 24.1. The minimum Gasteiger partial charge on any atom is -0.423 e. The summed E-state index contributed by atoms with van der Waals surface area (Å²) in [6, 6.07) is 121. The SMILES string of the molecule is Brc1cc2ccc3ccccc3c2c2ccccc12.OB(O)c1c2ccccc2c(-c2ccccc2-c2ccccc2)c2ccccc12.c1ccc(-c2ccccc2-c2c3ccccc3c(-c3cc4ccc5ccccc5c4c4ccccc34)c3ccccc23)cc1. The van der Waals surface area contributed by atoms with Gasteiger partial charge in [-0.15, -0.1) is 0 Å². The first kappa shape index (κ1) is 56.3. The van der Waals surface area contributed by atoms with Crippen molar-refractivity contribution in [2.24, 2.45) is 0 Å². The summed E-state index contributed by atoms with van der Waals surface area (Å²) in [5.41, 5.74) is 12.7. The molecule has 18 aromatic carbocycles. The van der Waals surface area contributed by atoms with Crippen LogP contribution in [0.15, 0.2) is 344 Å². The van der Waals surface area contributed by atoms with E-state index in [1.54, 1.807) is 0 Å². The van der Waals surface area contributed by atoms with Gasteiger partial charge in [-0.3, -0.25) is 0 Å². The van der Waals surface area contributed by atoms with E-state index in [2.05, 4.69) is 301 Å². The van der Waals surface area contributed by atoms with Crippen LogP contribution in [0.4, 0.5) is 0 Å². The van der Waals surface area contributed by atoms with Crippen LogP contribution >= 0.6 is 15.9 Å². The summed E-state index contributed by atoms with van der Waals surface area (Å²) in [4.78, 5) is 0. The summed E-state index contributed by atoms with van der Waals surface area (Å²) in [6.45, 7) is 0. The molecule has 0 aliphatic carbocycles. The Labute approximate surface area is 542 Å². The van der Waals surface area contributed by atoms with Crippen LogP contribution in [-0.2, 0) is 0 Å². The molecule has 0 aliphatic rings.